The molecule has 0 saturated heterocycles. The minimum absolute atomic E-state index is 0.0595. The Balaban J connectivity index is 2.19. The van der Waals surface area contributed by atoms with Crippen molar-refractivity contribution in [2.75, 3.05) is 0 Å². The highest BCUT2D eigenvalue weighted by atomic mass is 32.1. The van der Waals surface area contributed by atoms with E-state index in [4.69, 9.17) is 5.73 Å². The number of amides is 1. The zero-order valence-electron chi connectivity index (χ0n) is 13.0. The second kappa shape index (κ2) is 7.03. The molecular formula is C17H21FN2OS. The minimum atomic E-state index is -0.509. The fraction of sp³-hybridized carbons (Fsp3) is 0.353. The highest BCUT2D eigenvalue weighted by molar-refractivity contribution is 7.15. The smallest absolute Gasteiger partial charge is 0.239 e. The van der Waals surface area contributed by atoms with Crippen molar-refractivity contribution in [2.24, 2.45) is 5.73 Å². The van der Waals surface area contributed by atoms with Crippen LogP contribution in [0.1, 0.15) is 25.6 Å². The van der Waals surface area contributed by atoms with Gasteiger partial charge >= 0.3 is 0 Å². The average molecular weight is 320 g/mol. The van der Waals surface area contributed by atoms with E-state index >= 15 is 0 Å². The maximum atomic E-state index is 13.3. The molecule has 3 nitrogen and oxygen atoms in total. The van der Waals surface area contributed by atoms with Gasteiger partial charge in [0.2, 0.25) is 5.91 Å². The first-order valence-electron chi connectivity index (χ1n) is 7.29. The van der Waals surface area contributed by atoms with Gasteiger partial charge < -0.3 is 10.6 Å². The predicted octanol–water partition coefficient (Wildman–Crippen LogP) is 3.64. The summed E-state index contributed by atoms with van der Waals surface area (Å²) in [4.78, 5) is 16.0. The molecule has 0 spiro atoms. The summed E-state index contributed by atoms with van der Waals surface area (Å²) in [5, 5.41) is 0. The van der Waals surface area contributed by atoms with Crippen molar-refractivity contribution in [2.45, 2.75) is 39.4 Å². The number of carbonyl (C=O) groups is 1. The van der Waals surface area contributed by atoms with Crippen LogP contribution in [0, 0.1) is 5.82 Å². The van der Waals surface area contributed by atoms with Gasteiger partial charge in [0.1, 0.15) is 5.82 Å². The molecule has 22 heavy (non-hydrogen) atoms. The molecule has 1 aromatic heterocycles. The summed E-state index contributed by atoms with van der Waals surface area (Å²) < 4.78 is 13.3. The van der Waals surface area contributed by atoms with Crippen molar-refractivity contribution >= 4 is 17.2 Å². The number of benzene rings is 1. The lowest BCUT2D eigenvalue weighted by Gasteiger charge is -2.27. The number of thiophene rings is 1. The Morgan fingerprint density at radius 3 is 2.59 bits per heavy atom. The highest BCUT2D eigenvalue weighted by Gasteiger charge is 2.21. The maximum absolute atomic E-state index is 13.3. The molecule has 118 valence electrons. The zero-order chi connectivity index (χ0) is 16.3. The fourth-order valence-corrected chi connectivity index (χ4v) is 3.21. The van der Waals surface area contributed by atoms with Gasteiger partial charge in [-0.3, -0.25) is 4.79 Å². The van der Waals surface area contributed by atoms with Crippen LogP contribution in [0.25, 0.3) is 10.4 Å². The van der Waals surface area contributed by atoms with Gasteiger partial charge in [0.15, 0.2) is 0 Å². The third-order valence-electron chi connectivity index (χ3n) is 3.39. The highest BCUT2D eigenvalue weighted by Crippen LogP contribution is 2.29. The number of hydrogen-bond acceptors (Lipinski definition) is 3. The number of nitrogens with zero attached hydrogens (tertiary/aromatic N) is 1. The Labute approximate surface area is 134 Å². The second-order valence-corrected chi connectivity index (χ2v) is 6.79. The molecule has 0 aliphatic rings. The van der Waals surface area contributed by atoms with E-state index in [0.717, 1.165) is 15.3 Å². The number of halogens is 1. The van der Waals surface area contributed by atoms with E-state index in [1.165, 1.54) is 12.1 Å². The molecule has 1 atom stereocenters. The summed E-state index contributed by atoms with van der Waals surface area (Å²) in [5.74, 6) is -0.306. The van der Waals surface area contributed by atoms with Crippen LogP contribution in [-0.4, -0.2) is 22.9 Å². The largest absolute Gasteiger partial charge is 0.334 e. The molecule has 0 saturated carbocycles. The van der Waals surface area contributed by atoms with Gasteiger partial charge in [0.25, 0.3) is 0 Å². The van der Waals surface area contributed by atoms with E-state index in [1.54, 1.807) is 29.2 Å². The Kier molecular flexibility index (Phi) is 5.32. The summed E-state index contributed by atoms with van der Waals surface area (Å²) in [6.07, 6.45) is 0. The van der Waals surface area contributed by atoms with E-state index in [-0.39, 0.29) is 17.8 Å². The molecule has 0 aliphatic carbocycles. The van der Waals surface area contributed by atoms with E-state index in [1.807, 2.05) is 32.0 Å². The molecule has 0 aliphatic heterocycles. The molecule has 1 aromatic carbocycles. The van der Waals surface area contributed by atoms with Crippen molar-refractivity contribution < 1.29 is 9.18 Å². The fourth-order valence-electron chi connectivity index (χ4n) is 2.20. The van der Waals surface area contributed by atoms with Gasteiger partial charge in [-0.15, -0.1) is 11.3 Å². The lowest BCUT2D eigenvalue weighted by Crippen LogP contribution is -2.44. The van der Waals surface area contributed by atoms with Crippen LogP contribution in [0.3, 0.4) is 0 Å². The molecule has 1 amide bonds. The lowest BCUT2D eigenvalue weighted by molar-refractivity contribution is -0.134. The molecule has 0 unspecified atom stereocenters. The van der Waals surface area contributed by atoms with Gasteiger partial charge in [-0.25, -0.2) is 4.39 Å². The molecule has 0 fully saturated rings. The first-order chi connectivity index (χ1) is 10.4. The topological polar surface area (TPSA) is 46.3 Å². The number of nitrogens with two attached hydrogens (primary N) is 1. The van der Waals surface area contributed by atoms with Crippen LogP contribution >= 0.6 is 11.3 Å². The summed E-state index contributed by atoms with van der Waals surface area (Å²) in [6.45, 7) is 6.17. The van der Waals surface area contributed by atoms with Gasteiger partial charge in [0, 0.05) is 15.8 Å². The number of carbonyl (C=O) groups excluding carboxylic acids is 1. The quantitative estimate of drug-likeness (QED) is 0.914. The molecule has 2 rings (SSSR count). The summed E-state index contributed by atoms with van der Waals surface area (Å²) in [7, 11) is 0. The summed E-state index contributed by atoms with van der Waals surface area (Å²) in [5.41, 5.74) is 6.56. The van der Waals surface area contributed by atoms with E-state index in [0.29, 0.717) is 6.54 Å². The van der Waals surface area contributed by atoms with Gasteiger partial charge in [-0.05, 0) is 50.6 Å². The third-order valence-corrected chi connectivity index (χ3v) is 4.51. The normalized spacial score (nSPS) is 12.5. The van der Waals surface area contributed by atoms with Gasteiger partial charge in [-0.2, -0.15) is 0 Å². The number of hydrogen-bond donors (Lipinski definition) is 1. The average Bonchev–Trinajstić information content (AvgIpc) is 2.92. The zero-order valence-corrected chi connectivity index (χ0v) is 13.9. The van der Waals surface area contributed by atoms with Crippen LogP contribution < -0.4 is 5.73 Å². The Morgan fingerprint density at radius 2 is 2.00 bits per heavy atom. The van der Waals surface area contributed by atoms with E-state index in [2.05, 4.69) is 0 Å². The number of rotatable bonds is 5. The molecule has 2 aromatic rings. The Morgan fingerprint density at radius 1 is 1.27 bits per heavy atom. The van der Waals surface area contributed by atoms with Gasteiger partial charge in [-0.1, -0.05) is 12.1 Å². The van der Waals surface area contributed by atoms with Crippen molar-refractivity contribution in [1.29, 1.82) is 0 Å². The summed E-state index contributed by atoms with van der Waals surface area (Å²) in [6, 6.07) is 10.0. The molecule has 1 heterocycles. The van der Waals surface area contributed by atoms with Crippen LogP contribution in [0.2, 0.25) is 0 Å². The lowest BCUT2D eigenvalue weighted by atomic mass is 10.2. The van der Waals surface area contributed by atoms with E-state index < -0.39 is 6.04 Å². The standard InChI is InChI=1S/C17H21FN2OS/c1-11(2)20(17(21)12(3)19)10-15-7-8-16(22-15)13-5-4-6-14(18)9-13/h4-9,11-12H,10,19H2,1-3H3/t12-/m0/s1. The van der Waals surface area contributed by atoms with Crippen LogP contribution in [0.15, 0.2) is 36.4 Å². The Hall–Kier alpha value is -1.72. The Bertz CT molecular complexity index is 652. The first-order valence-corrected chi connectivity index (χ1v) is 8.11. The van der Waals surface area contributed by atoms with Gasteiger partial charge in [0.05, 0.1) is 12.6 Å². The third kappa shape index (κ3) is 3.93. The second-order valence-electron chi connectivity index (χ2n) is 5.62. The first kappa shape index (κ1) is 16.6. The SMILES string of the molecule is CC(C)N(Cc1ccc(-c2cccc(F)c2)s1)C(=O)[C@H](C)N. The van der Waals surface area contributed by atoms with E-state index in [9.17, 15) is 9.18 Å². The molecule has 5 heteroatoms. The van der Waals surface area contributed by atoms with Crippen LogP contribution in [0.4, 0.5) is 4.39 Å². The molecular weight excluding hydrogens is 299 g/mol. The molecule has 0 radical (unpaired) electrons. The monoisotopic (exact) mass is 320 g/mol. The van der Waals surface area contributed by atoms with Crippen molar-refractivity contribution in [3.8, 4) is 10.4 Å². The van der Waals surface area contributed by atoms with Crippen molar-refractivity contribution in [3.63, 3.8) is 0 Å². The summed E-state index contributed by atoms with van der Waals surface area (Å²) >= 11 is 1.57. The van der Waals surface area contributed by atoms with Crippen LogP contribution in [0.5, 0.6) is 0 Å². The predicted molar refractivity (Wildman–Crippen MR) is 89.0 cm³/mol. The van der Waals surface area contributed by atoms with Crippen LogP contribution in [-0.2, 0) is 11.3 Å². The maximum Gasteiger partial charge on any atom is 0.239 e. The molecule has 2 N–H and O–H groups in total. The minimum Gasteiger partial charge on any atom is -0.334 e. The molecule has 0 bridgehead atoms. The van der Waals surface area contributed by atoms with Crippen molar-refractivity contribution in [3.05, 3.63) is 47.1 Å². The van der Waals surface area contributed by atoms with Crippen molar-refractivity contribution in [1.82, 2.24) is 4.90 Å².